The topological polar surface area (TPSA) is 70.0 Å². The summed E-state index contributed by atoms with van der Waals surface area (Å²) in [5.41, 5.74) is 31.1. The summed E-state index contributed by atoms with van der Waals surface area (Å²) < 4.78 is 14.0. The Morgan fingerprint density at radius 3 is 1.01 bits per heavy atom. The quantitative estimate of drug-likeness (QED) is 0.136. The number of aromatic nitrogens is 4. The Hall–Kier alpha value is -14.5. The first-order valence-electron chi connectivity index (χ1n) is 37.5. The molecule has 18 aromatic rings. The zero-order valence-electron chi connectivity index (χ0n) is 59.6. The normalized spacial score (nSPS) is 13.2. The van der Waals surface area contributed by atoms with Gasteiger partial charge in [-0.25, -0.2) is 19.9 Å². The van der Waals surface area contributed by atoms with Gasteiger partial charge in [0.2, 0.25) is 0 Å². The molecule has 16 aromatic carbocycles. The lowest BCUT2D eigenvalue weighted by molar-refractivity contribution is 0.436. The Labute approximate surface area is 637 Å². The lowest BCUT2D eigenvalue weighted by Gasteiger charge is -2.39. The fraction of sp³-hybridized carbons (Fsp3) is 0.0192. The van der Waals surface area contributed by atoms with E-state index >= 15 is 0 Å². The number of benzene rings is 16. The molecule has 0 amide bonds. The molecule has 6 nitrogen and oxygen atoms in total. The third-order valence-corrected chi connectivity index (χ3v) is 23.1. The van der Waals surface area contributed by atoms with Crippen LogP contribution in [0, 0.1) is 0 Å². The summed E-state index contributed by atoms with van der Waals surface area (Å²) in [6.07, 6.45) is 0. The zero-order valence-corrected chi connectivity index (χ0v) is 59.6. The van der Waals surface area contributed by atoms with Gasteiger partial charge in [-0.2, -0.15) is 0 Å². The summed E-state index contributed by atoms with van der Waals surface area (Å²) >= 11 is 0. The van der Waals surface area contributed by atoms with E-state index in [1.54, 1.807) is 0 Å². The summed E-state index contributed by atoms with van der Waals surface area (Å²) in [6, 6.07) is 139. The fourth-order valence-corrected chi connectivity index (χ4v) is 18.1. The number of hydrogen-bond acceptors (Lipinski definition) is 6. The van der Waals surface area contributed by atoms with Gasteiger partial charge in [-0.05, 0) is 148 Å². The highest BCUT2D eigenvalue weighted by molar-refractivity contribution is 6.04. The van der Waals surface area contributed by atoms with Crippen LogP contribution >= 0.6 is 0 Å². The standard InChI is InChI=1S/C104H64N4O2/c1-3-24-69(25-4-1)92-63-94(106-101(105-92)71-51-49-66(50-52-71)65-45-47-67(48-46-65)74-54-57-90-98(61-74)109-96-43-19-17-41-88(96)103(90)84-37-13-9-33-80(84)81-34-10-14-38-85(81)103)76-30-21-28-72(59-76)73-29-22-31-77(60-73)95-64-93(70-26-5-2-6-27-70)107-102(108-95)100-78-32-8-7-23-68(78)53-56-79(100)75-55-58-91-99(62-75)110-97-44-20-18-42-89(97)104(91)86-39-15-11-35-82(86)83-36-12-16-40-87(83)104/h1-64H. The molecule has 110 heavy (non-hydrogen) atoms. The van der Waals surface area contributed by atoms with Crippen LogP contribution in [0.4, 0.5) is 0 Å². The average Bonchev–Trinajstić information content (AvgIpc) is 1.50. The van der Waals surface area contributed by atoms with Crippen molar-refractivity contribution in [1.82, 2.24) is 19.9 Å². The van der Waals surface area contributed by atoms with Crippen molar-refractivity contribution in [2.24, 2.45) is 0 Å². The fourth-order valence-electron chi connectivity index (χ4n) is 18.1. The molecule has 4 aliphatic rings. The van der Waals surface area contributed by atoms with Crippen LogP contribution < -0.4 is 9.47 Å². The van der Waals surface area contributed by atoms with Crippen molar-refractivity contribution in [3.63, 3.8) is 0 Å². The van der Waals surface area contributed by atoms with E-state index < -0.39 is 10.8 Å². The van der Waals surface area contributed by atoms with Gasteiger partial charge < -0.3 is 9.47 Å². The molecule has 0 fully saturated rings. The SMILES string of the molecule is c1ccc(-c2cc(-c3cccc(-c4cccc(-c5cc(-c6ccccc6)nc(-c6c(-c7ccc8c(c7)Oc7ccccc7C87c8ccccc8-c8ccccc87)ccc7ccccc67)n5)c4)c3)nc(-c3ccc(-c4ccc(-c5ccc6c(c5)Oc5ccccc5C65c6ccccc6-c6ccccc65)cc4)cc3)n2)cc1. The van der Waals surface area contributed by atoms with Gasteiger partial charge in [0.05, 0.1) is 33.6 Å². The van der Waals surface area contributed by atoms with E-state index in [9.17, 15) is 0 Å². The predicted octanol–water partition coefficient (Wildman–Crippen LogP) is 26.0. The largest absolute Gasteiger partial charge is 0.457 e. The minimum Gasteiger partial charge on any atom is -0.457 e. The van der Waals surface area contributed by atoms with Crippen LogP contribution in [0.5, 0.6) is 23.0 Å². The van der Waals surface area contributed by atoms with Gasteiger partial charge in [0.1, 0.15) is 23.0 Å². The van der Waals surface area contributed by atoms with Gasteiger partial charge >= 0.3 is 0 Å². The minimum absolute atomic E-state index is 0.501. The van der Waals surface area contributed by atoms with Crippen LogP contribution in [0.1, 0.15) is 44.5 Å². The molecule has 2 aliphatic heterocycles. The number of fused-ring (bicyclic) bond motifs is 19. The highest BCUT2D eigenvalue weighted by atomic mass is 16.5. The monoisotopic (exact) mass is 1400 g/mol. The summed E-state index contributed by atoms with van der Waals surface area (Å²) in [7, 11) is 0. The van der Waals surface area contributed by atoms with Crippen molar-refractivity contribution < 1.29 is 9.47 Å². The number of ether oxygens (including phenoxy) is 2. The summed E-state index contributed by atoms with van der Waals surface area (Å²) in [5.74, 6) is 4.68. The molecule has 22 rings (SSSR count). The third kappa shape index (κ3) is 9.82. The highest BCUT2D eigenvalue weighted by Crippen LogP contribution is 2.64. The Kier molecular flexibility index (Phi) is 14.3. The van der Waals surface area contributed by atoms with E-state index in [1.165, 1.54) is 44.5 Å². The lowest BCUT2D eigenvalue weighted by atomic mass is 9.66. The Balaban J connectivity index is 0.591. The maximum Gasteiger partial charge on any atom is 0.161 e. The van der Waals surface area contributed by atoms with Crippen molar-refractivity contribution in [2.75, 3.05) is 0 Å². The van der Waals surface area contributed by atoms with Crippen molar-refractivity contribution in [3.8, 4) is 158 Å². The molecule has 0 radical (unpaired) electrons. The van der Waals surface area contributed by atoms with E-state index in [-0.39, 0.29) is 0 Å². The molecule has 4 heterocycles. The first-order valence-corrected chi connectivity index (χ1v) is 37.5. The molecule has 2 aliphatic carbocycles. The maximum absolute atomic E-state index is 7.09. The number of rotatable bonds is 10. The van der Waals surface area contributed by atoms with E-state index in [0.717, 1.165) is 157 Å². The van der Waals surface area contributed by atoms with E-state index in [4.69, 9.17) is 29.4 Å². The van der Waals surface area contributed by atoms with Crippen LogP contribution in [0.2, 0.25) is 0 Å². The molecule has 0 saturated carbocycles. The Bertz CT molecular complexity index is 6690. The second-order valence-corrected chi connectivity index (χ2v) is 29.0. The van der Waals surface area contributed by atoms with Crippen LogP contribution in [-0.4, -0.2) is 19.9 Å². The van der Waals surface area contributed by atoms with Gasteiger partial charge in [0, 0.05) is 55.6 Å². The molecule has 0 atom stereocenters. The van der Waals surface area contributed by atoms with Crippen molar-refractivity contribution in [2.45, 2.75) is 10.8 Å². The van der Waals surface area contributed by atoms with Gasteiger partial charge in [0.25, 0.3) is 0 Å². The Morgan fingerprint density at radius 2 is 0.518 bits per heavy atom. The first-order chi connectivity index (χ1) is 54.5. The minimum atomic E-state index is -0.583. The van der Waals surface area contributed by atoms with Gasteiger partial charge in [-0.3, -0.25) is 0 Å². The predicted molar refractivity (Wildman–Crippen MR) is 444 cm³/mol. The molecule has 0 bridgehead atoms. The summed E-state index contributed by atoms with van der Waals surface area (Å²) in [5, 5.41) is 2.14. The molecular formula is C104H64N4O2. The molecule has 0 N–H and O–H groups in total. The van der Waals surface area contributed by atoms with Crippen molar-refractivity contribution in [1.29, 1.82) is 0 Å². The summed E-state index contributed by atoms with van der Waals surface area (Å²) in [6.45, 7) is 0. The highest BCUT2D eigenvalue weighted by Gasteiger charge is 2.53. The summed E-state index contributed by atoms with van der Waals surface area (Å²) in [4.78, 5) is 21.9. The second-order valence-electron chi connectivity index (χ2n) is 29.0. The lowest BCUT2D eigenvalue weighted by Crippen LogP contribution is -2.32. The van der Waals surface area contributed by atoms with E-state index in [1.807, 2.05) is 12.1 Å². The van der Waals surface area contributed by atoms with E-state index in [0.29, 0.717) is 11.6 Å². The molecule has 0 unspecified atom stereocenters. The molecule has 2 spiro atoms. The number of para-hydroxylation sites is 2. The average molecular weight is 1400 g/mol. The van der Waals surface area contributed by atoms with Crippen LogP contribution in [0.3, 0.4) is 0 Å². The van der Waals surface area contributed by atoms with E-state index in [2.05, 4.69) is 376 Å². The maximum atomic E-state index is 7.09. The molecule has 0 saturated heterocycles. The molecule has 6 heteroatoms. The molecular weight excluding hydrogens is 1340 g/mol. The zero-order chi connectivity index (χ0) is 72.4. The van der Waals surface area contributed by atoms with Crippen LogP contribution in [0.15, 0.2) is 388 Å². The van der Waals surface area contributed by atoms with Crippen molar-refractivity contribution >= 4 is 10.8 Å². The van der Waals surface area contributed by atoms with Crippen LogP contribution in [-0.2, 0) is 10.8 Å². The Morgan fingerprint density at radius 1 is 0.182 bits per heavy atom. The third-order valence-electron chi connectivity index (χ3n) is 23.1. The number of nitrogens with zero attached hydrogens (tertiary/aromatic N) is 4. The van der Waals surface area contributed by atoms with Gasteiger partial charge in [0.15, 0.2) is 11.6 Å². The smallest absolute Gasteiger partial charge is 0.161 e. The second kappa shape index (κ2) is 25.1. The molecule has 512 valence electrons. The molecule has 2 aromatic heterocycles. The number of hydrogen-bond donors (Lipinski definition) is 0. The van der Waals surface area contributed by atoms with Crippen molar-refractivity contribution in [3.05, 3.63) is 433 Å². The van der Waals surface area contributed by atoms with Gasteiger partial charge in [-0.1, -0.05) is 340 Å². The first kappa shape index (κ1) is 62.9. The van der Waals surface area contributed by atoms with Crippen LogP contribution in [0.25, 0.3) is 145 Å². The van der Waals surface area contributed by atoms with Gasteiger partial charge in [-0.15, -0.1) is 0 Å².